The number of rotatable bonds is 5. The molecule has 1 saturated heterocycles. The second-order valence-electron chi connectivity index (χ2n) is 7.18. The van der Waals surface area contributed by atoms with Crippen molar-refractivity contribution in [3.63, 3.8) is 0 Å². The Hall–Kier alpha value is -1.60. The minimum Gasteiger partial charge on any atom is -0.339 e. The van der Waals surface area contributed by atoms with Gasteiger partial charge in [-0.3, -0.25) is 9.59 Å². The summed E-state index contributed by atoms with van der Waals surface area (Å²) in [5.41, 5.74) is 0. The average molecular weight is 412 g/mol. The minimum atomic E-state index is -0.0502. The molecule has 0 bridgehead atoms. The van der Waals surface area contributed by atoms with E-state index < -0.39 is 0 Å². The third-order valence-electron chi connectivity index (χ3n) is 5.27. The molecular weight excluding hydrogens is 386 g/mol. The number of urea groups is 1. The maximum absolute atomic E-state index is 12.4. The molecule has 6 nitrogen and oxygen atoms in total. The molecule has 0 aromatic carbocycles. The van der Waals surface area contributed by atoms with E-state index in [0.717, 1.165) is 12.8 Å². The summed E-state index contributed by atoms with van der Waals surface area (Å²) in [7, 11) is 0. The maximum atomic E-state index is 12.4. The SMILES string of the molecule is O=C(CCC(=O)N1CCN(C(=O)NC2CCCCC2)CC1)c1ccc(Cl)s1. The Balaban J connectivity index is 1.38. The lowest BCUT2D eigenvalue weighted by Crippen LogP contribution is -2.54. The van der Waals surface area contributed by atoms with Gasteiger partial charge in [-0.1, -0.05) is 30.9 Å². The van der Waals surface area contributed by atoms with Gasteiger partial charge in [0.1, 0.15) is 0 Å². The number of hydrogen-bond acceptors (Lipinski definition) is 4. The van der Waals surface area contributed by atoms with Crippen molar-refractivity contribution >= 4 is 40.7 Å². The van der Waals surface area contributed by atoms with Gasteiger partial charge < -0.3 is 15.1 Å². The molecule has 3 rings (SSSR count). The molecular formula is C19H26ClN3O3S. The van der Waals surface area contributed by atoms with Crippen LogP contribution < -0.4 is 5.32 Å². The first-order valence-corrected chi connectivity index (χ1v) is 10.8. The lowest BCUT2D eigenvalue weighted by atomic mass is 9.96. The van der Waals surface area contributed by atoms with Crippen molar-refractivity contribution in [2.75, 3.05) is 26.2 Å². The molecule has 148 valence electrons. The maximum Gasteiger partial charge on any atom is 0.317 e. The van der Waals surface area contributed by atoms with Crippen LogP contribution in [0.5, 0.6) is 0 Å². The van der Waals surface area contributed by atoms with Gasteiger partial charge in [-0.05, 0) is 25.0 Å². The van der Waals surface area contributed by atoms with Gasteiger partial charge >= 0.3 is 6.03 Å². The van der Waals surface area contributed by atoms with Crippen molar-refractivity contribution in [3.8, 4) is 0 Å². The lowest BCUT2D eigenvalue weighted by molar-refractivity contribution is -0.132. The van der Waals surface area contributed by atoms with Gasteiger partial charge in [0, 0.05) is 45.1 Å². The van der Waals surface area contributed by atoms with Gasteiger partial charge in [0.2, 0.25) is 5.91 Å². The zero-order chi connectivity index (χ0) is 19.2. The largest absolute Gasteiger partial charge is 0.339 e. The van der Waals surface area contributed by atoms with Gasteiger partial charge in [0.25, 0.3) is 0 Å². The Morgan fingerprint density at radius 3 is 2.30 bits per heavy atom. The first-order chi connectivity index (χ1) is 13.0. The molecule has 1 aliphatic carbocycles. The number of piperazine rings is 1. The predicted molar refractivity (Wildman–Crippen MR) is 106 cm³/mol. The van der Waals surface area contributed by atoms with Gasteiger partial charge in [0.05, 0.1) is 9.21 Å². The van der Waals surface area contributed by atoms with E-state index in [1.54, 1.807) is 21.9 Å². The highest BCUT2D eigenvalue weighted by molar-refractivity contribution is 7.18. The van der Waals surface area contributed by atoms with Crippen LogP contribution in [0.1, 0.15) is 54.6 Å². The highest BCUT2D eigenvalue weighted by Crippen LogP contribution is 2.23. The Kier molecular flexibility index (Phi) is 7.13. The lowest BCUT2D eigenvalue weighted by Gasteiger charge is -2.36. The van der Waals surface area contributed by atoms with Crippen LogP contribution >= 0.6 is 22.9 Å². The van der Waals surface area contributed by atoms with Crippen LogP contribution in [0.2, 0.25) is 4.34 Å². The van der Waals surface area contributed by atoms with Crippen LogP contribution in [0.4, 0.5) is 4.79 Å². The van der Waals surface area contributed by atoms with Crippen molar-refractivity contribution in [3.05, 3.63) is 21.3 Å². The smallest absolute Gasteiger partial charge is 0.317 e. The Bertz CT molecular complexity index is 679. The summed E-state index contributed by atoms with van der Waals surface area (Å²) < 4.78 is 0.576. The van der Waals surface area contributed by atoms with Crippen molar-refractivity contribution in [2.24, 2.45) is 0 Å². The quantitative estimate of drug-likeness (QED) is 0.753. The number of amides is 3. The fraction of sp³-hybridized carbons (Fsp3) is 0.632. The van der Waals surface area contributed by atoms with E-state index in [1.165, 1.54) is 30.6 Å². The molecule has 0 radical (unpaired) electrons. The van der Waals surface area contributed by atoms with E-state index in [0.29, 0.717) is 41.4 Å². The van der Waals surface area contributed by atoms with Crippen molar-refractivity contribution in [2.45, 2.75) is 51.0 Å². The first kappa shape index (κ1) is 20.1. The van der Waals surface area contributed by atoms with Crippen LogP contribution in [0.15, 0.2) is 12.1 Å². The molecule has 1 aliphatic heterocycles. The standard InChI is InChI=1S/C19H26ClN3O3S/c20-17-8-7-16(27-17)15(24)6-9-18(25)22-10-12-23(13-11-22)19(26)21-14-4-2-1-3-5-14/h7-8,14H,1-6,9-13H2,(H,21,26). The Morgan fingerprint density at radius 2 is 1.67 bits per heavy atom. The number of carbonyl (C=O) groups excluding carboxylic acids is 3. The number of hydrogen-bond donors (Lipinski definition) is 1. The molecule has 2 fully saturated rings. The monoisotopic (exact) mass is 411 g/mol. The predicted octanol–water partition coefficient (Wildman–Crippen LogP) is 3.55. The minimum absolute atomic E-state index is 0.0150. The van der Waals surface area contributed by atoms with Crippen molar-refractivity contribution < 1.29 is 14.4 Å². The van der Waals surface area contributed by atoms with Crippen molar-refractivity contribution in [1.82, 2.24) is 15.1 Å². The number of halogens is 1. The molecule has 0 atom stereocenters. The summed E-state index contributed by atoms with van der Waals surface area (Å²) in [4.78, 5) is 41.0. The molecule has 1 saturated carbocycles. The second kappa shape index (κ2) is 9.55. The van der Waals surface area contributed by atoms with E-state index >= 15 is 0 Å². The topological polar surface area (TPSA) is 69.7 Å². The molecule has 2 aliphatic rings. The van der Waals surface area contributed by atoms with Crippen LogP contribution in [-0.4, -0.2) is 59.7 Å². The molecule has 1 N–H and O–H groups in total. The van der Waals surface area contributed by atoms with Gasteiger partial charge in [0.15, 0.2) is 5.78 Å². The zero-order valence-electron chi connectivity index (χ0n) is 15.4. The molecule has 1 aromatic rings. The molecule has 2 heterocycles. The number of carbonyl (C=O) groups is 3. The summed E-state index contributed by atoms with van der Waals surface area (Å²) in [5, 5.41) is 3.12. The fourth-order valence-electron chi connectivity index (χ4n) is 3.64. The molecule has 27 heavy (non-hydrogen) atoms. The third kappa shape index (κ3) is 5.69. The number of nitrogens with one attached hydrogen (secondary N) is 1. The zero-order valence-corrected chi connectivity index (χ0v) is 17.0. The summed E-state index contributed by atoms with van der Waals surface area (Å²) in [5.74, 6) is -0.0795. The van der Waals surface area contributed by atoms with Gasteiger partial charge in [-0.15, -0.1) is 11.3 Å². The van der Waals surface area contributed by atoms with E-state index in [2.05, 4.69) is 5.32 Å². The highest BCUT2D eigenvalue weighted by Gasteiger charge is 2.26. The van der Waals surface area contributed by atoms with Crippen LogP contribution in [0, 0.1) is 0 Å². The number of Topliss-reactive ketones (excluding diaryl/α,β-unsaturated/α-hetero) is 1. The Morgan fingerprint density at radius 1 is 1.00 bits per heavy atom. The molecule has 3 amide bonds. The van der Waals surface area contributed by atoms with Crippen LogP contribution in [0.25, 0.3) is 0 Å². The summed E-state index contributed by atoms with van der Waals surface area (Å²) in [6.45, 7) is 2.13. The van der Waals surface area contributed by atoms with E-state index in [1.807, 2.05) is 0 Å². The molecule has 1 aromatic heterocycles. The summed E-state index contributed by atoms with van der Waals surface area (Å²) >= 11 is 7.08. The van der Waals surface area contributed by atoms with E-state index in [9.17, 15) is 14.4 Å². The van der Waals surface area contributed by atoms with E-state index in [-0.39, 0.29) is 30.6 Å². The average Bonchev–Trinajstić information content (AvgIpc) is 3.13. The third-order valence-corrected chi connectivity index (χ3v) is 6.54. The fourth-order valence-corrected chi connectivity index (χ4v) is 4.65. The number of nitrogens with zero attached hydrogens (tertiary/aromatic N) is 2. The molecule has 8 heteroatoms. The van der Waals surface area contributed by atoms with Crippen LogP contribution in [-0.2, 0) is 4.79 Å². The van der Waals surface area contributed by atoms with Gasteiger partial charge in [-0.25, -0.2) is 4.79 Å². The van der Waals surface area contributed by atoms with Gasteiger partial charge in [-0.2, -0.15) is 0 Å². The normalized spacial score (nSPS) is 18.4. The Labute approximate surface area is 168 Å². The highest BCUT2D eigenvalue weighted by atomic mass is 35.5. The summed E-state index contributed by atoms with van der Waals surface area (Å²) in [6, 6.07) is 3.67. The van der Waals surface area contributed by atoms with Crippen molar-refractivity contribution in [1.29, 1.82) is 0 Å². The second-order valence-corrected chi connectivity index (χ2v) is 8.89. The first-order valence-electron chi connectivity index (χ1n) is 9.64. The summed E-state index contributed by atoms with van der Waals surface area (Å²) in [6.07, 6.45) is 6.14. The number of thiophene rings is 1. The number of ketones is 1. The van der Waals surface area contributed by atoms with E-state index in [4.69, 9.17) is 11.6 Å². The molecule has 0 unspecified atom stereocenters. The van der Waals surface area contributed by atoms with Crippen LogP contribution in [0.3, 0.4) is 0 Å². The molecule has 0 spiro atoms.